The molecule has 0 aliphatic carbocycles. The average Bonchev–Trinajstić information content (AvgIpc) is 2.56. The first-order valence-electron chi connectivity index (χ1n) is 4.19. The largest absolute Gasteiger partial charge is 0.383 e. The van der Waals surface area contributed by atoms with Crippen molar-refractivity contribution in [3.05, 3.63) is 24.0 Å². The number of nitrogens with one attached hydrogen (secondary N) is 2. The van der Waals surface area contributed by atoms with Crippen molar-refractivity contribution in [2.45, 2.75) is 13.0 Å². The van der Waals surface area contributed by atoms with Gasteiger partial charge in [-0.3, -0.25) is 0 Å². The van der Waals surface area contributed by atoms with Crippen molar-refractivity contribution in [2.24, 2.45) is 0 Å². The molecule has 2 N–H and O–H groups in total. The summed E-state index contributed by atoms with van der Waals surface area (Å²) in [6, 6.07) is 2.47. The molecule has 0 spiro atoms. The number of aromatic nitrogens is 1. The summed E-state index contributed by atoms with van der Waals surface area (Å²) >= 11 is 0. The number of ether oxygens (including phenoxy) is 1. The van der Waals surface area contributed by atoms with Gasteiger partial charge < -0.3 is 15.0 Å². The van der Waals surface area contributed by atoms with E-state index in [-0.39, 0.29) is 0 Å². The van der Waals surface area contributed by atoms with Crippen molar-refractivity contribution in [3.8, 4) is 0 Å². The molecule has 1 aromatic heterocycles. The fraction of sp³-hybridized carbons (Fsp3) is 0.556. The van der Waals surface area contributed by atoms with Gasteiger partial charge in [0.25, 0.3) is 0 Å². The Hall–Kier alpha value is -0.800. The van der Waals surface area contributed by atoms with Gasteiger partial charge in [-0.15, -0.1) is 0 Å². The molecule has 1 aromatic rings. The van der Waals surface area contributed by atoms with Crippen LogP contribution in [0, 0.1) is 0 Å². The van der Waals surface area contributed by atoms with Crippen molar-refractivity contribution in [1.29, 1.82) is 0 Å². The Labute approximate surface area is 73.1 Å². The molecule has 0 radical (unpaired) electrons. The van der Waals surface area contributed by atoms with Crippen molar-refractivity contribution in [2.75, 3.05) is 20.3 Å². The molecule has 3 nitrogen and oxygen atoms in total. The van der Waals surface area contributed by atoms with E-state index < -0.39 is 0 Å². The summed E-state index contributed by atoms with van der Waals surface area (Å²) < 4.78 is 4.94. The van der Waals surface area contributed by atoms with Crippen LogP contribution in [-0.4, -0.2) is 25.2 Å². The van der Waals surface area contributed by atoms with Crippen LogP contribution in [-0.2, 0) is 4.74 Å². The van der Waals surface area contributed by atoms with E-state index in [0.29, 0.717) is 6.04 Å². The normalized spacial score (nSPS) is 13.2. The Morgan fingerprint density at radius 1 is 1.67 bits per heavy atom. The molecular formula is C9H16N2O. The summed E-state index contributed by atoms with van der Waals surface area (Å²) in [5.41, 5.74) is 1.28. The SMILES string of the molecule is COCCN[C@H](C)c1cc[nH]c1. The maximum Gasteiger partial charge on any atom is 0.0587 e. The first kappa shape index (κ1) is 9.29. The van der Waals surface area contributed by atoms with Crippen LogP contribution in [0.5, 0.6) is 0 Å². The van der Waals surface area contributed by atoms with Gasteiger partial charge in [0.1, 0.15) is 0 Å². The van der Waals surface area contributed by atoms with E-state index >= 15 is 0 Å². The van der Waals surface area contributed by atoms with Crippen LogP contribution in [0.3, 0.4) is 0 Å². The molecule has 1 heterocycles. The standard InChI is InChI=1S/C9H16N2O/c1-8(11-5-6-12-2)9-3-4-10-7-9/h3-4,7-8,10-11H,5-6H2,1-2H3/t8-/m1/s1. The second-order valence-corrected chi connectivity index (χ2v) is 2.81. The summed E-state index contributed by atoms with van der Waals surface area (Å²) in [4.78, 5) is 3.03. The van der Waals surface area contributed by atoms with Gasteiger partial charge in [0.05, 0.1) is 6.61 Å². The van der Waals surface area contributed by atoms with Gasteiger partial charge in [-0.25, -0.2) is 0 Å². The zero-order chi connectivity index (χ0) is 8.81. The van der Waals surface area contributed by atoms with E-state index in [2.05, 4.69) is 23.3 Å². The van der Waals surface area contributed by atoms with Gasteiger partial charge in [0, 0.05) is 32.1 Å². The summed E-state index contributed by atoms with van der Waals surface area (Å²) in [7, 11) is 1.71. The quantitative estimate of drug-likeness (QED) is 0.650. The van der Waals surface area contributed by atoms with Crippen LogP contribution in [0.15, 0.2) is 18.5 Å². The second-order valence-electron chi connectivity index (χ2n) is 2.81. The van der Waals surface area contributed by atoms with Crippen LogP contribution >= 0.6 is 0 Å². The Bertz CT molecular complexity index is 196. The first-order chi connectivity index (χ1) is 5.84. The predicted octanol–water partition coefficient (Wildman–Crippen LogP) is 1.31. The van der Waals surface area contributed by atoms with E-state index in [4.69, 9.17) is 4.74 Å². The molecule has 68 valence electrons. The van der Waals surface area contributed by atoms with Gasteiger partial charge in [0.2, 0.25) is 0 Å². The zero-order valence-corrected chi connectivity index (χ0v) is 7.63. The fourth-order valence-corrected chi connectivity index (χ4v) is 1.10. The van der Waals surface area contributed by atoms with Crippen molar-refractivity contribution < 1.29 is 4.74 Å². The van der Waals surface area contributed by atoms with Gasteiger partial charge >= 0.3 is 0 Å². The minimum atomic E-state index is 0.395. The molecule has 0 saturated carbocycles. The predicted molar refractivity (Wildman–Crippen MR) is 49.1 cm³/mol. The second kappa shape index (κ2) is 4.95. The molecule has 0 aliphatic heterocycles. The molecule has 0 unspecified atom stereocenters. The number of aromatic amines is 1. The number of methoxy groups -OCH3 is 1. The molecule has 1 rings (SSSR count). The van der Waals surface area contributed by atoms with E-state index in [1.165, 1.54) is 5.56 Å². The van der Waals surface area contributed by atoms with Crippen LogP contribution in [0.1, 0.15) is 18.5 Å². The molecule has 3 heteroatoms. The topological polar surface area (TPSA) is 37.0 Å². The van der Waals surface area contributed by atoms with E-state index in [9.17, 15) is 0 Å². The lowest BCUT2D eigenvalue weighted by Crippen LogP contribution is -2.22. The molecule has 0 aromatic carbocycles. The Morgan fingerprint density at radius 3 is 3.08 bits per heavy atom. The lowest BCUT2D eigenvalue weighted by atomic mass is 10.2. The maximum absolute atomic E-state index is 4.94. The van der Waals surface area contributed by atoms with Crippen molar-refractivity contribution >= 4 is 0 Å². The maximum atomic E-state index is 4.94. The minimum Gasteiger partial charge on any atom is -0.383 e. The third kappa shape index (κ3) is 2.68. The van der Waals surface area contributed by atoms with E-state index in [1.807, 2.05) is 12.4 Å². The van der Waals surface area contributed by atoms with E-state index in [1.54, 1.807) is 7.11 Å². The molecule has 0 amide bonds. The number of rotatable bonds is 5. The average molecular weight is 168 g/mol. The molecule has 1 atom stereocenters. The zero-order valence-electron chi connectivity index (χ0n) is 7.63. The van der Waals surface area contributed by atoms with Gasteiger partial charge in [-0.05, 0) is 18.6 Å². The summed E-state index contributed by atoms with van der Waals surface area (Å²) in [5.74, 6) is 0. The molecule has 0 fully saturated rings. The van der Waals surface area contributed by atoms with Gasteiger partial charge in [0.15, 0.2) is 0 Å². The molecule has 0 bridgehead atoms. The lowest BCUT2D eigenvalue weighted by molar-refractivity contribution is 0.196. The first-order valence-corrected chi connectivity index (χ1v) is 4.19. The number of H-pyrrole nitrogens is 1. The van der Waals surface area contributed by atoms with Crippen LogP contribution in [0.2, 0.25) is 0 Å². The van der Waals surface area contributed by atoms with Crippen molar-refractivity contribution in [1.82, 2.24) is 10.3 Å². The van der Waals surface area contributed by atoms with Crippen LogP contribution in [0.25, 0.3) is 0 Å². The lowest BCUT2D eigenvalue weighted by Gasteiger charge is -2.11. The van der Waals surface area contributed by atoms with E-state index in [0.717, 1.165) is 13.2 Å². The molecular weight excluding hydrogens is 152 g/mol. The molecule has 0 saturated heterocycles. The van der Waals surface area contributed by atoms with Crippen LogP contribution < -0.4 is 5.32 Å². The van der Waals surface area contributed by atoms with Gasteiger partial charge in [-0.2, -0.15) is 0 Å². The fourth-order valence-electron chi connectivity index (χ4n) is 1.10. The number of hydrogen-bond donors (Lipinski definition) is 2. The monoisotopic (exact) mass is 168 g/mol. The Kier molecular flexibility index (Phi) is 3.84. The molecule has 0 aliphatic rings. The van der Waals surface area contributed by atoms with Crippen LogP contribution in [0.4, 0.5) is 0 Å². The third-order valence-corrected chi connectivity index (χ3v) is 1.88. The summed E-state index contributed by atoms with van der Waals surface area (Å²) in [5, 5.41) is 3.34. The minimum absolute atomic E-state index is 0.395. The number of hydrogen-bond acceptors (Lipinski definition) is 2. The molecule has 12 heavy (non-hydrogen) atoms. The summed E-state index contributed by atoms with van der Waals surface area (Å²) in [6.07, 6.45) is 3.94. The highest BCUT2D eigenvalue weighted by atomic mass is 16.5. The Morgan fingerprint density at radius 2 is 2.50 bits per heavy atom. The summed E-state index contributed by atoms with van der Waals surface area (Å²) in [6.45, 7) is 3.79. The highest BCUT2D eigenvalue weighted by Gasteiger charge is 2.02. The third-order valence-electron chi connectivity index (χ3n) is 1.88. The highest BCUT2D eigenvalue weighted by Crippen LogP contribution is 2.09. The smallest absolute Gasteiger partial charge is 0.0587 e. The van der Waals surface area contributed by atoms with Gasteiger partial charge in [-0.1, -0.05) is 0 Å². The van der Waals surface area contributed by atoms with Crippen molar-refractivity contribution in [3.63, 3.8) is 0 Å². The highest BCUT2D eigenvalue weighted by molar-refractivity contribution is 5.12. The Balaban J connectivity index is 2.25.